The molecule has 0 aromatic heterocycles. The molecule has 4 saturated heterocycles. The number of hydrogen-bond acceptors (Lipinski definition) is 16. The number of ketones is 2. The highest BCUT2D eigenvalue weighted by Gasteiger charge is 2.55. The number of piperazine rings is 1. The molecular weight excluding hydrogens is 720 g/mol. The van der Waals surface area contributed by atoms with Gasteiger partial charge in [0.1, 0.15) is 29.0 Å². The molecule has 17 nitrogen and oxygen atoms in total. The summed E-state index contributed by atoms with van der Waals surface area (Å²) in [5, 5.41) is 45.3. The van der Waals surface area contributed by atoms with Crippen molar-refractivity contribution in [3.8, 4) is 17.2 Å². The molecule has 0 saturated carbocycles. The van der Waals surface area contributed by atoms with E-state index in [-0.39, 0.29) is 57.0 Å². The van der Waals surface area contributed by atoms with Gasteiger partial charge in [-0.05, 0) is 20.0 Å². The molecule has 0 bridgehead atoms. The van der Waals surface area contributed by atoms with Gasteiger partial charge in [0.05, 0.1) is 48.3 Å². The van der Waals surface area contributed by atoms with Crippen LogP contribution in [0, 0.1) is 5.41 Å². The van der Waals surface area contributed by atoms with E-state index in [1.54, 1.807) is 19.2 Å². The first-order valence-electron chi connectivity index (χ1n) is 18.5. The van der Waals surface area contributed by atoms with Gasteiger partial charge in [-0.2, -0.15) is 0 Å². The van der Waals surface area contributed by atoms with Gasteiger partial charge in [-0.15, -0.1) is 0 Å². The lowest BCUT2D eigenvalue weighted by atomic mass is 9.71. The van der Waals surface area contributed by atoms with Gasteiger partial charge in [-0.1, -0.05) is 12.1 Å². The molecule has 8 atom stereocenters. The number of Topliss-reactive ketones (excluding diaryl/α,β-unsaturated/α-hetero) is 1. The number of carbonyl (C=O) groups is 3. The summed E-state index contributed by atoms with van der Waals surface area (Å²) < 4.78 is 41.4. The molecule has 55 heavy (non-hydrogen) atoms. The Morgan fingerprint density at radius 1 is 1.04 bits per heavy atom. The Morgan fingerprint density at radius 3 is 2.53 bits per heavy atom. The van der Waals surface area contributed by atoms with Crippen molar-refractivity contribution in [3.05, 3.63) is 51.6 Å². The van der Waals surface area contributed by atoms with Crippen molar-refractivity contribution >= 4 is 23.4 Å². The van der Waals surface area contributed by atoms with Crippen LogP contribution in [0.2, 0.25) is 0 Å². The number of nitrogens with one attached hydrogen (secondary N) is 1. The summed E-state index contributed by atoms with van der Waals surface area (Å²) in [5.41, 5.74) is -2.99. The van der Waals surface area contributed by atoms with Crippen LogP contribution in [0.15, 0.2) is 18.2 Å². The Morgan fingerprint density at radius 2 is 1.80 bits per heavy atom. The van der Waals surface area contributed by atoms with E-state index in [4.69, 9.17) is 38.6 Å². The predicted molar refractivity (Wildman–Crippen MR) is 190 cm³/mol. The zero-order valence-electron chi connectivity index (χ0n) is 31.1. The van der Waals surface area contributed by atoms with Crippen LogP contribution in [-0.4, -0.2) is 163 Å². The number of benzene rings is 2. The Labute approximate surface area is 317 Å². The largest absolute Gasteiger partial charge is 0.507 e. The Kier molecular flexibility index (Phi) is 9.86. The van der Waals surface area contributed by atoms with Gasteiger partial charge < -0.3 is 58.3 Å². The lowest BCUT2D eigenvalue weighted by Crippen LogP contribution is -2.55. The number of phenols is 2. The van der Waals surface area contributed by atoms with E-state index < -0.39 is 85.2 Å². The van der Waals surface area contributed by atoms with Crippen LogP contribution >= 0.6 is 0 Å². The van der Waals surface area contributed by atoms with Gasteiger partial charge in [0, 0.05) is 81.8 Å². The smallest absolute Gasteiger partial charge is 0.410 e. The molecule has 0 unspecified atom stereocenters. The van der Waals surface area contributed by atoms with E-state index in [1.807, 2.05) is 14.0 Å². The number of hydrogen-bond donors (Lipinski definition) is 4. The zero-order valence-corrected chi connectivity index (χ0v) is 31.1. The molecule has 0 radical (unpaired) electrons. The van der Waals surface area contributed by atoms with Crippen molar-refractivity contribution in [2.75, 3.05) is 67.2 Å². The van der Waals surface area contributed by atoms with Crippen LogP contribution in [0.1, 0.15) is 64.0 Å². The molecule has 1 amide bonds. The van der Waals surface area contributed by atoms with Gasteiger partial charge in [0.2, 0.25) is 5.78 Å². The van der Waals surface area contributed by atoms with E-state index in [2.05, 4.69) is 9.80 Å². The number of nitrogens with zero attached hydrogens (tertiary/aromatic N) is 3. The summed E-state index contributed by atoms with van der Waals surface area (Å²) in [7, 11) is 4.88. The molecule has 2 aliphatic carbocycles. The van der Waals surface area contributed by atoms with Crippen LogP contribution in [0.4, 0.5) is 4.79 Å². The second kappa shape index (κ2) is 14.4. The maximum atomic E-state index is 14.0. The molecule has 2 aromatic rings. The normalized spacial score (nSPS) is 31.9. The van der Waals surface area contributed by atoms with Crippen LogP contribution in [0.3, 0.4) is 0 Å². The number of carbonyl (C=O) groups excluding carboxylic acids is 3. The van der Waals surface area contributed by atoms with Gasteiger partial charge >= 0.3 is 6.09 Å². The highest BCUT2D eigenvalue weighted by Crippen LogP contribution is 2.53. The van der Waals surface area contributed by atoms with Crippen molar-refractivity contribution in [1.29, 1.82) is 5.41 Å². The van der Waals surface area contributed by atoms with Gasteiger partial charge in [-0.25, -0.2) is 4.79 Å². The molecule has 4 aliphatic heterocycles. The molecule has 6 aliphatic rings. The number of fused-ring (bicyclic) bond motifs is 6. The van der Waals surface area contributed by atoms with Crippen molar-refractivity contribution in [3.63, 3.8) is 0 Å². The summed E-state index contributed by atoms with van der Waals surface area (Å²) in [5.74, 6) is -2.43. The predicted octanol–water partition coefficient (Wildman–Crippen LogP) is 1.29. The average Bonchev–Trinajstić information content (AvgIpc) is 3.56. The molecule has 4 N–H and O–H groups in total. The summed E-state index contributed by atoms with van der Waals surface area (Å²) in [4.78, 5) is 46.5. The minimum absolute atomic E-state index is 0.00352. The fraction of sp³-hybridized carbons (Fsp3) is 0.579. The molecule has 4 heterocycles. The summed E-state index contributed by atoms with van der Waals surface area (Å²) >= 11 is 0. The first kappa shape index (κ1) is 37.7. The number of amides is 1. The van der Waals surface area contributed by atoms with Gasteiger partial charge in [-0.3, -0.25) is 19.9 Å². The number of ether oxygens (including phenoxy) is 7. The van der Waals surface area contributed by atoms with E-state index in [9.17, 15) is 29.7 Å². The van der Waals surface area contributed by atoms with Gasteiger partial charge in [0.15, 0.2) is 31.2 Å². The first-order chi connectivity index (χ1) is 26.3. The van der Waals surface area contributed by atoms with E-state index in [1.165, 1.54) is 18.1 Å². The van der Waals surface area contributed by atoms with Crippen LogP contribution in [0.25, 0.3) is 0 Å². The SMILES string of the molecule is COc1cccc2c1C(=N)c1c(O)c3c(c(O)c1C2=O)C[C@@](O)(C(=O)COC(=O)N1CCN(C)CC1)C[C@@H]3O[C@H]1C[C@H]2[C@H](O[C@@H]3[C@@H](OC)OCCN32)[C@H](C)O1. The molecular formula is C38H46N4O13. The average molecular weight is 767 g/mol. The Hall–Kier alpha value is -4.20. The highest BCUT2D eigenvalue weighted by atomic mass is 16.7. The lowest BCUT2D eigenvalue weighted by Gasteiger charge is -2.43. The maximum Gasteiger partial charge on any atom is 0.410 e. The molecule has 4 fully saturated rings. The van der Waals surface area contributed by atoms with Crippen LogP contribution in [0.5, 0.6) is 17.2 Å². The molecule has 8 rings (SSSR count). The minimum atomic E-state index is -2.27. The lowest BCUT2D eigenvalue weighted by molar-refractivity contribution is -0.256. The quantitative estimate of drug-likeness (QED) is 0.250. The number of likely N-dealkylation sites (N-methyl/N-ethyl adjacent to an activating group) is 1. The minimum Gasteiger partial charge on any atom is -0.507 e. The Balaban J connectivity index is 1.14. The fourth-order valence-corrected chi connectivity index (χ4v) is 8.93. The van der Waals surface area contributed by atoms with E-state index in [0.29, 0.717) is 45.8 Å². The third-order valence-corrected chi connectivity index (χ3v) is 11.8. The standard InChI is InChI=1S/C38H46N4O13/c1-18-34-21(42-12-13-51-36(50-4)35(42)55-34)14-25(53-18)54-23-16-38(48,24(43)17-52-37(47)41-10-8-40(2)9-11-41)15-20-27(23)33(46)28-29(32(20)45)31(44)19-6-5-7-22(49-3)26(19)30(28)39/h5-7,18,21,23,25,34-36,39,45-46,48H,8-17H2,1-4H3/t18-,21-,23-,25-,34+,35+,36-,38-/m0/s1. The number of aromatic hydroxyl groups is 2. The summed E-state index contributed by atoms with van der Waals surface area (Å²) in [6, 6.07) is 4.47. The summed E-state index contributed by atoms with van der Waals surface area (Å²) in [6.45, 7) is 4.17. The maximum absolute atomic E-state index is 14.0. The molecule has 2 aromatic carbocycles. The van der Waals surface area contributed by atoms with Crippen LogP contribution in [-0.2, 0) is 39.6 Å². The van der Waals surface area contributed by atoms with E-state index >= 15 is 0 Å². The Bertz CT molecular complexity index is 1920. The first-order valence-corrected chi connectivity index (χ1v) is 18.5. The second-order valence-electron chi connectivity index (χ2n) is 15.0. The highest BCUT2D eigenvalue weighted by molar-refractivity contribution is 6.32. The number of methoxy groups -OCH3 is 2. The van der Waals surface area contributed by atoms with Crippen molar-refractivity contribution < 1.29 is 62.9 Å². The number of aliphatic hydroxyl groups is 1. The van der Waals surface area contributed by atoms with Crippen molar-refractivity contribution in [2.45, 2.75) is 74.9 Å². The van der Waals surface area contributed by atoms with E-state index in [0.717, 1.165) is 0 Å². The van der Waals surface area contributed by atoms with Crippen LogP contribution < -0.4 is 4.74 Å². The van der Waals surface area contributed by atoms with Crippen molar-refractivity contribution in [2.24, 2.45) is 0 Å². The summed E-state index contributed by atoms with van der Waals surface area (Å²) in [6.07, 6.45) is -5.53. The van der Waals surface area contributed by atoms with Crippen molar-refractivity contribution in [1.82, 2.24) is 14.7 Å². The monoisotopic (exact) mass is 766 g/mol. The zero-order chi connectivity index (χ0) is 38.9. The third kappa shape index (κ3) is 6.26. The molecule has 17 heteroatoms. The second-order valence-corrected chi connectivity index (χ2v) is 15.0. The fourth-order valence-electron chi connectivity index (χ4n) is 8.93. The molecule has 0 spiro atoms. The third-order valence-electron chi connectivity index (χ3n) is 11.8. The molecule has 296 valence electrons. The topological polar surface area (TPSA) is 210 Å². The number of morpholine rings is 1. The number of phenolic OH excluding ortho intramolecular Hbond substituents is 2. The number of rotatable bonds is 7. The van der Waals surface area contributed by atoms with Gasteiger partial charge in [0.25, 0.3) is 0 Å².